The van der Waals surface area contributed by atoms with E-state index in [0.29, 0.717) is 6.29 Å². The fraction of sp³-hybridized carbons (Fsp3) is 0.143. The van der Waals surface area contributed by atoms with Crippen molar-refractivity contribution in [3.63, 3.8) is 0 Å². The van der Waals surface area contributed by atoms with E-state index in [9.17, 15) is 19.5 Å². The van der Waals surface area contributed by atoms with Gasteiger partial charge in [-0.05, 0) is 19.1 Å². The SMILES string of the molecule is COc1c(C=O)ccc2nc(C(N)=O)c(C(C)=O)c(O)c12. The molecule has 0 radical (unpaired) electrons. The van der Waals surface area contributed by atoms with Crippen molar-refractivity contribution in [3.8, 4) is 11.5 Å². The minimum Gasteiger partial charge on any atom is -0.506 e. The van der Waals surface area contributed by atoms with Gasteiger partial charge in [0.05, 0.1) is 29.1 Å². The van der Waals surface area contributed by atoms with Crippen LogP contribution in [0.15, 0.2) is 12.1 Å². The molecule has 2 aromatic rings. The Kier molecular flexibility index (Phi) is 3.58. The number of hydrogen-bond acceptors (Lipinski definition) is 6. The van der Waals surface area contributed by atoms with E-state index in [1.807, 2.05) is 0 Å². The monoisotopic (exact) mass is 288 g/mol. The van der Waals surface area contributed by atoms with Crippen molar-refractivity contribution in [2.24, 2.45) is 5.73 Å². The number of hydrogen-bond donors (Lipinski definition) is 2. The van der Waals surface area contributed by atoms with Crippen molar-refractivity contribution in [2.75, 3.05) is 7.11 Å². The molecule has 0 atom stereocenters. The Hall–Kier alpha value is -2.96. The van der Waals surface area contributed by atoms with Gasteiger partial charge >= 0.3 is 0 Å². The molecular weight excluding hydrogens is 276 g/mol. The third-order valence-corrected chi connectivity index (χ3v) is 3.03. The van der Waals surface area contributed by atoms with Crippen LogP contribution in [0.5, 0.6) is 11.5 Å². The first-order valence-electron chi connectivity index (χ1n) is 5.92. The number of ether oxygens (including phenoxy) is 1. The Balaban J connectivity index is 3.04. The minimum atomic E-state index is -0.934. The lowest BCUT2D eigenvalue weighted by atomic mass is 10.0. The van der Waals surface area contributed by atoms with Gasteiger partial charge in [-0.25, -0.2) is 4.98 Å². The highest BCUT2D eigenvalue weighted by atomic mass is 16.5. The topological polar surface area (TPSA) is 120 Å². The number of aromatic nitrogens is 1. The molecule has 0 aliphatic rings. The Morgan fingerprint density at radius 1 is 1.38 bits per heavy atom. The van der Waals surface area contributed by atoms with Crippen LogP contribution in [-0.2, 0) is 0 Å². The molecule has 1 amide bonds. The summed E-state index contributed by atoms with van der Waals surface area (Å²) in [5.74, 6) is -1.92. The molecular formula is C14H12N2O5. The van der Waals surface area contributed by atoms with E-state index in [2.05, 4.69) is 4.98 Å². The third kappa shape index (κ3) is 2.18. The van der Waals surface area contributed by atoms with E-state index in [1.54, 1.807) is 0 Å². The average molecular weight is 288 g/mol. The lowest BCUT2D eigenvalue weighted by molar-refractivity contribution is 0.0967. The summed E-state index contributed by atoms with van der Waals surface area (Å²) in [6.07, 6.45) is 0.549. The number of carbonyl (C=O) groups excluding carboxylic acids is 3. The number of primary amides is 1. The maximum atomic E-state index is 11.7. The number of aldehydes is 1. The summed E-state index contributed by atoms with van der Waals surface area (Å²) < 4.78 is 5.11. The average Bonchev–Trinajstić information content (AvgIpc) is 2.44. The van der Waals surface area contributed by atoms with E-state index >= 15 is 0 Å². The van der Waals surface area contributed by atoms with Crippen molar-refractivity contribution in [2.45, 2.75) is 6.92 Å². The molecule has 7 heteroatoms. The molecule has 0 spiro atoms. The van der Waals surface area contributed by atoms with Crippen LogP contribution in [0.1, 0.15) is 38.1 Å². The molecule has 0 bridgehead atoms. The number of carbonyl (C=O) groups is 3. The predicted molar refractivity (Wildman–Crippen MR) is 73.9 cm³/mol. The van der Waals surface area contributed by atoms with E-state index in [4.69, 9.17) is 10.5 Å². The molecule has 3 N–H and O–H groups in total. The van der Waals surface area contributed by atoms with Crippen LogP contribution in [0.25, 0.3) is 10.9 Å². The second kappa shape index (κ2) is 5.20. The lowest BCUT2D eigenvalue weighted by Crippen LogP contribution is -2.18. The maximum Gasteiger partial charge on any atom is 0.268 e. The summed E-state index contributed by atoms with van der Waals surface area (Å²) in [6.45, 7) is 1.17. The number of Topliss-reactive ketones (excluding diaryl/α,β-unsaturated/α-hetero) is 1. The Morgan fingerprint density at radius 2 is 2.05 bits per heavy atom. The number of pyridine rings is 1. The second-order valence-electron chi connectivity index (χ2n) is 4.30. The zero-order valence-electron chi connectivity index (χ0n) is 11.3. The zero-order chi connectivity index (χ0) is 15.7. The summed E-state index contributed by atoms with van der Waals surface area (Å²) in [5, 5.41) is 10.4. The van der Waals surface area contributed by atoms with E-state index in [-0.39, 0.29) is 33.5 Å². The van der Waals surface area contributed by atoms with Crippen molar-refractivity contribution in [1.82, 2.24) is 4.98 Å². The molecule has 21 heavy (non-hydrogen) atoms. The number of fused-ring (bicyclic) bond motifs is 1. The number of nitrogens with two attached hydrogens (primary N) is 1. The zero-order valence-corrected chi connectivity index (χ0v) is 11.3. The van der Waals surface area contributed by atoms with E-state index < -0.39 is 17.4 Å². The third-order valence-electron chi connectivity index (χ3n) is 3.03. The van der Waals surface area contributed by atoms with Gasteiger partial charge in [-0.15, -0.1) is 0 Å². The number of amides is 1. The molecule has 0 saturated heterocycles. The number of aromatic hydroxyl groups is 1. The van der Waals surface area contributed by atoms with Gasteiger partial charge in [-0.3, -0.25) is 14.4 Å². The van der Waals surface area contributed by atoms with Crippen molar-refractivity contribution < 1.29 is 24.2 Å². The van der Waals surface area contributed by atoms with Gasteiger partial charge in [0.1, 0.15) is 17.2 Å². The van der Waals surface area contributed by atoms with Crippen LogP contribution in [0.3, 0.4) is 0 Å². The number of nitrogens with zero attached hydrogens (tertiary/aromatic N) is 1. The highest BCUT2D eigenvalue weighted by Gasteiger charge is 2.24. The van der Waals surface area contributed by atoms with Gasteiger partial charge in [0.15, 0.2) is 12.1 Å². The molecule has 0 fully saturated rings. The van der Waals surface area contributed by atoms with Gasteiger partial charge in [-0.2, -0.15) is 0 Å². The number of benzene rings is 1. The van der Waals surface area contributed by atoms with Crippen LogP contribution < -0.4 is 10.5 Å². The van der Waals surface area contributed by atoms with Gasteiger partial charge in [0.2, 0.25) is 0 Å². The molecule has 1 aromatic heterocycles. The predicted octanol–water partition coefficient (Wildman–Crippen LogP) is 1.06. The van der Waals surface area contributed by atoms with Crippen LogP contribution in [0, 0.1) is 0 Å². The van der Waals surface area contributed by atoms with Gasteiger partial charge in [-0.1, -0.05) is 0 Å². The Bertz CT molecular complexity index is 783. The molecule has 7 nitrogen and oxygen atoms in total. The van der Waals surface area contributed by atoms with E-state index in [1.165, 1.54) is 26.2 Å². The number of ketones is 1. The molecule has 2 rings (SSSR count). The highest BCUT2D eigenvalue weighted by Crippen LogP contribution is 2.38. The van der Waals surface area contributed by atoms with Crippen LogP contribution in [-0.4, -0.2) is 35.2 Å². The van der Waals surface area contributed by atoms with Crippen molar-refractivity contribution in [3.05, 3.63) is 29.0 Å². The molecule has 1 aromatic carbocycles. The van der Waals surface area contributed by atoms with Crippen LogP contribution >= 0.6 is 0 Å². The molecule has 0 unspecified atom stereocenters. The normalized spacial score (nSPS) is 10.4. The summed E-state index contributed by atoms with van der Waals surface area (Å²) in [7, 11) is 1.32. The Labute approximate surface area is 119 Å². The summed E-state index contributed by atoms with van der Waals surface area (Å²) in [6, 6.07) is 2.86. The highest BCUT2D eigenvalue weighted by molar-refractivity contribution is 6.12. The number of rotatable bonds is 4. The first kappa shape index (κ1) is 14.4. The van der Waals surface area contributed by atoms with E-state index in [0.717, 1.165) is 0 Å². The van der Waals surface area contributed by atoms with Gasteiger partial charge in [0, 0.05) is 0 Å². The summed E-state index contributed by atoms with van der Waals surface area (Å²) in [5.41, 5.74) is 4.94. The van der Waals surface area contributed by atoms with Gasteiger partial charge in [0.25, 0.3) is 5.91 Å². The minimum absolute atomic E-state index is 0.0750. The fourth-order valence-electron chi connectivity index (χ4n) is 2.15. The second-order valence-corrected chi connectivity index (χ2v) is 4.30. The molecule has 108 valence electrons. The largest absolute Gasteiger partial charge is 0.506 e. The van der Waals surface area contributed by atoms with Crippen molar-refractivity contribution >= 4 is 28.9 Å². The standard InChI is InChI=1S/C14H12N2O5/c1-6(18)9-11(14(15)20)16-8-4-3-7(5-17)13(21-2)10(8)12(9)19/h3-5H,1-2H3,(H2,15,20)(H,16,19). The Morgan fingerprint density at radius 3 is 2.52 bits per heavy atom. The smallest absolute Gasteiger partial charge is 0.268 e. The lowest BCUT2D eigenvalue weighted by Gasteiger charge is -2.13. The fourth-order valence-corrected chi connectivity index (χ4v) is 2.15. The maximum absolute atomic E-state index is 11.7. The summed E-state index contributed by atoms with van der Waals surface area (Å²) in [4.78, 5) is 38.1. The quantitative estimate of drug-likeness (QED) is 0.641. The molecule has 0 aliphatic heterocycles. The number of methoxy groups -OCH3 is 1. The van der Waals surface area contributed by atoms with Crippen LogP contribution in [0.4, 0.5) is 0 Å². The first-order valence-corrected chi connectivity index (χ1v) is 5.92. The first-order chi connectivity index (χ1) is 9.92. The van der Waals surface area contributed by atoms with Gasteiger partial charge < -0.3 is 15.6 Å². The molecule has 0 saturated carbocycles. The summed E-state index contributed by atoms with van der Waals surface area (Å²) >= 11 is 0. The molecule has 1 heterocycles. The van der Waals surface area contributed by atoms with Crippen LogP contribution in [0.2, 0.25) is 0 Å². The van der Waals surface area contributed by atoms with Crippen molar-refractivity contribution in [1.29, 1.82) is 0 Å². The molecule has 0 aliphatic carbocycles.